The lowest BCUT2D eigenvalue weighted by Crippen LogP contribution is -2.45. The average molecular weight is 526 g/mol. The van der Waals surface area contributed by atoms with Crippen molar-refractivity contribution in [2.75, 3.05) is 6.61 Å². The predicted octanol–water partition coefficient (Wildman–Crippen LogP) is 7.94. The molecule has 0 saturated carbocycles. The minimum Gasteiger partial charge on any atom is -0.464 e. The monoisotopic (exact) mass is 525 g/mol. The van der Waals surface area contributed by atoms with E-state index in [0.717, 1.165) is 25.7 Å². The van der Waals surface area contributed by atoms with Crippen molar-refractivity contribution in [2.45, 2.75) is 103 Å². The van der Waals surface area contributed by atoms with E-state index in [2.05, 4.69) is 12.2 Å². The number of benzene rings is 1. The molecule has 10 heteroatoms. The first-order valence-electron chi connectivity index (χ1n) is 12.5. The summed E-state index contributed by atoms with van der Waals surface area (Å²) in [7, 11) is 0. The van der Waals surface area contributed by atoms with Crippen molar-refractivity contribution in [3.63, 3.8) is 0 Å². The van der Waals surface area contributed by atoms with E-state index in [0.29, 0.717) is 6.42 Å². The lowest BCUT2D eigenvalue weighted by molar-refractivity contribution is -0.147. The highest BCUT2D eigenvalue weighted by atomic mass is 19.4. The third-order valence-electron chi connectivity index (χ3n) is 5.85. The Bertz CT molecular complexity index is 821. The molecule has 0 aliphatic heterocycles. The molecular weight excluding hydrogens is 488 g/mol. The van der Waals surface area contributed by atoms with E-state index in [1.807, 2.05) is 0 Å². The molecule has 206 valence electrons. The van der Waals surface area contributed by atoms with Crippen LogP contribution in [0.25, 0.3) is 0 Å². The molecule has 1 rings (SSSR count). The van der Waals surface area contributed by atoms with Gasteiger partial charge in [0.25, 0.3) is 5.91 Å². The standard InChI is InChI=1S/C26H37F6NO3/c1-4-5-6-7-8-9-10-11-12-13-16-36-24(35)22(18(2)3)33-23(34)20-17-19(25(27,28)29)14-15-21(20)26(30,31)32/h14-15,17-18,22H,4-13,16H2,1-3H3,(H,33,34). The Morgan fingerprint density at radius 3 is 1.83 bits per heavy atom. The summed E-state index contributed by atoms with van der Waals surface area (Å²) in [5.74, 6) is -2.83. The fourth-order valence-corrected chi connectivity index (χ4v) is 3.72. The van der Waals surface area contributed by atoms with Crippen molar-refractivity contribution in [1.29, 1.82) is 0 Å². The summed E-state index contributed by atoms with van der Waals surface area (Å²) in [6, 6.07) is -0.687. The number of carbonyl (C=O) groups is 2. The topological polar surface area (TPSA) is 55.4 Å². The number of esters is 1. The molecule has 1 atom stereocenters. The van der Waals surface area contributed by atoms with Gasteiger partial charge in [0, 0.05) is 0 Å². The van der Waals surface area contributed by atoms with E-state index >= 15 is 0 Å². The first kappa shape index (κ1) is 31.8. The van der Waals surface area contributed by atoms with Crippen LogP contribution in [0.5, 0.6) is 0 Å². The molecule has 0 radical (unpaired) electrons. The Morgan fingerprint density at radius 2 is 1.36 bits per heavy atom. The van der Waals surface area contributed by atoms with Crippen LogP contribution in [-0.4, -0.2) is 24.5 Å². The van der Waals surface area contributed by atoms with Crippen LogP contribution in [0, 0.1) is 5.92 Å². The summed E-state index contributed by atoms with van der Waals surface area (Å²) < 4.78 is 84.2. The molecule has 1 aromatic rings. The average Bonchev–Trinajstić information content (AvgIpc) is 2.78. The zero-order valence-corrected chi connectivity index (χ0v) is 21.2. The third kappa shape index (κ3) is 11.2. The van der Waals surface area contributed by atoms with E-state index in [4.69, 9.17) is 4.74 Å². The van der Waals surface area contributed by atoms with Gasteiger partial charge in [0.15, 0.2) is 0 Å². The van der Waals surface area contributed by atoms with Gasteiger partial charge in [-0.15, -0.1) is 0 Å². The van der Waals surface area contributed by atoms with E-state index in [9.17, 15) is 35.9 Å². The van der Waals surface area contributed by atoms with E-state index in [-0.39, 0.29) is 24.8 Å². The van der Waals surface area contributed by atoms with Crippen LogP contribution in [-0.2, 0) is 21.9 Å². The van der Waals surface area contributed by atoms with E-state index in [1.54, 1.807) is 13.8 Å². The first-order chi connectivity index (χ1) is 16.8. The lowest BCUT2D eigenvalue weighted by atomic mass is 10.00. The smallest absolute Gasteiger partial charge is 0.417 e. The second kappa shape index (κ2) is 15.1. The number of halogens is 6. The highest BCUT2D eigenvalue weighted by Crippen LogP contribution is 2.36. The Hall–Kier alpha value is -2.26. The van der Waals surface area contributed by atoms with E-state index < -0.39 is 52.9 Å². The largest absolute Gasteiger partial charge is 0.464 e. The lowest BCUT2D eigenvalue weighted by Gasteiger charge is -2.22. The van der Waals surface area contributed by atoms with Crippen LogP contribution in [0.1, 0.15) is 106 Å². The molecule has 0 aliphatic rings. The van der Waals surface area contributed by atoms with Crippen molar-refractivity contribution >= 4 is 11.9 Å². The maximum absolute atomic E-state index is 13.3. The number of nitrogens with one attached hydrogen (secondary N) is 1. The van der Waals surface area contributed by atoms with Gasteiger partial charge in [-0.1, -0.05) is 78.6 Å². The van der Waals surface area contributed by atoms with Crippen molar-refractivity contribution in [1.82, 2.24) is 5.32 Å². The number of hydrogen-bond donors (Lipinski definition) is 1. The number of carbonyl (C=O) groups excluding carboxylic acids is 2. The highest BCUT2D eigenvalue weighted by Gasteiger charge is 2.39. The number of ether oxygens (including phenoxy) is 1. The molecule has 1 aromatic carbocycles. The zero-order chi connectivity index (χ0) is 27.4. The first-order valence-corrected chi connectivity index (χ1v) is 12.5. The molecule has 0 heterocycles. The maximum atomic E-state index is 13.3. The predicted molar refractivity (Wildman–Crippen MR) is 125 cm³/mol. The molecule has 0 bridgehead atoms. The zero-order valence-electron chi connectivity index (χ0n) is 21.2. The summed E-state index contributed by atoms with van der Waals surface area (Å²) in [5.41, 5.74) is -4.12. The van der Waals surface area contributed by atoms with Crippen LogP contribution in [0.4, 0.5) is 26.3 Å². The van der Waals surface area contributed by atoms with Gasteiger partial charge in [-0.3, -0.25) is 4.79 Å². The van der Waals surface area contributed by atoms with Gasteiger partial charge in [0.05, 0.1) is 23.3 Å². The van der Waals surface area contributed by atoms with Gasteiger partial charge in [-0.25, -0.2) is 4.79 Å². The van der Waals surface area contributed by atoms with Gasteiger partial charge in [-0.05, 0) is 30.5 Å². The minimum absolute atomic E-state index is 0.0891. The van der Waals surface area contributed by atoms with Crippen molar-refractivity contribution in [3.8, 4) is 0 Å². The number of unbranched alkanes of at least 4 members (excludes halogenated alkanes) is 9. The van der Waals surface area contributed by atoms with Gasteiger partial charge < -0.3 is 10.1 Å². The van der Waals surface area contributed by atoms with Crippen LogP contribution in [0.3, 0.4) is 0 Å². The summed E-state index contributed by atoms with van der Waals surface area (Å²) >= 11 is 0. The second-order valence-electron chi connectivity index (χ2n) is 9.30. The van der Waals surface area contributed by atoms with Crippen molar-refractivity contribution < 1.29 is 40.7 Å². The molecule has 0 aliphatic carbocycles. The van der Waals surface area contributed by atoms with Gasteiger partial charge in [0.1, 0.15) is 6.04 Å². The normalized spacial score (nSPS) is 13.1. The van der Waals surface area contributed by atoms with Crippen molar-refractivity contribution in [2.24, 2.45) is 5.92 Å². The molecule has 0 fully saturated rings. The molecular formula is C26H37F6NO3. The molecule has 36 heavy (non-hydrogen) atoms. The summed E-state index contributed by atoms with van der Waals surface area (Å²) in [5, 5.41) is 2.13. The summed E-state index contributed by atoms with van der Waals surface area (Å²) in [4.78, 5) is 25.1. The van der Waals surface area contributed by atoms with E-state index in [1.165, 1.54) is 32.1 Å². The Balaban J connectivity index is 2.66. The summed E-state index contributed by atoms with van der Waals surface area (Å²) in [6.07, 6.45) is 0.843. The van der Waals surface area contributed by atoms with Crippen LogP contribution in [0.2, 0.25) is 0 Å². The number of rotatable bonds is 15. The Labute approximate surface area is 209 Å². The van der Waals surface area contributed by atoms with Gasteiger partial charge in [-0.2, -0.15) is 26.3 Å². The van der Waals surface area contributed by atoms with Crippen LogP contribution < -0.4 is 5.32 Å². The Kier molecular flexibility index (Phi) is 13.3. The molecule has 0 spiro atoms. The molecule has 1 amide bonds. The van der Waals surface area contributed by atoms with Gasteiger partial charge >= 0.3 is 18.3 Å². The highest BCUT2D eigenvalue weighted by molar-refractivity contribution is 5.98. The number of hydrogen-bond acceptors (Lipinski definition) is 3. The second-order valence-corrected chi connectivity index (χ2v) is 9.30. The quantitative estimate of drug-likeness (QED) is 0.144. The van der Waals surface area contributed by atoms with Crippen LogP contribution in [0.15, 0.2) is 18.2 Å². The Morgan fingerprint density at radius 1 is 0.833 bits per heavy atom. The summed E-state index contributed by atoms with van der Waals surface area (Å²) in [6.45, 7) is 5.35. The molecule has 1 unspecified atom stereocenters. The maximum Gasteiger partial charge on any atom is 0.417 e. The van der Waals surface area contributed by atoms with Crippen molar-refractivity contribution in [3.05, 3.63) is 34.9 Å². The third-order valence-corrected chi connectivity index (χ3v) is 5.85. The van der Waals surface area contributed by atoms with Gasteiger partial charge in [0.2, 0.25) is 0 Å². The molecule has 0 aromatic heterocycles. The van der Waals surface area contributed by atoms with Crippen LogP contribution >= 0.6 is 0 Å². The fourth-order valence-electron chi connectivity index (χ4n) is 3.72. The molecule has 4 nitrogen and oxygen atoms in total. The number of alkyl halides is 6. The fraction of sp³-hybridized carbons (Fsp3) is 0.692. The SMILES string of the molecule is CCCCCCCCCCCCOC(=O)C(NC(=O)c1cc(C(F)(F)F)ccc1C(F)(F)F)C(C)C. The molecule has 1 N–H and O–H groups in total. The molecule has 0 saturated heterocycles. The minimum atomic E-state index is -5.06. The number of amides is 1.